The van der Waals surface area contributed by atoms with E-state index in [1.54, 1.807) is 41.5 Å². The van der Waals surface area contributed by atoms with Crippen molar-refractivity contribution in [1.82, 2.24) is 21.3 Å². The highest BCUT2D eigenvalue weighted by Crippen LogP contribution is 2.10. The molecule has 13 nitrogen and oxygen atoms in total. The zero-order valence-corrected chi connectivity index (χ0v) is 26.2. The third-order valence-corrected chi connectivity index (χ3v) is 5.53. The molecule has 0 aliphatic heterocycles. The van der Waals surface area contributed by atoms with E-state index in [1.807, 2.05) is 13.8 Å². The van der Waals surface area contributed by atoms with Crippen molar-refractivity contribution >= 4 is 29.9 Å². The van der Waals surface area contributed by atoms with Gasteiger partial charge in [-0.2, -0.15) is 0 Å². The lowest BCUT2D eigenvalue weighted by Gasteiger charge is -2.24. The summed E-state index contributed by atoms with van der Waals surface area (Å²) in [5.41, 5.74) is 10.4. The standard InChI is InChI=1S/C28H54N6O7/c1-18(2)17-21(34-23(36)19(29)13-9-11-15-31-25(38)40-27(3,4)5)24(37)33-20(22(30)35)14-10-12-16-32-26(39)41-28(6,7)8/h18-21H,9-17,29H2,1-8H3,(H2,30,35)(H,31,38)(H,32,39)(H,33,37)(H,34,36)/t19-,20-,21-/m0/s1. The Morgan fingerprint density at radius 1 is 0.683 bits per heavy atom. The van der Waals surface area contributed by atoms with Crippen molar-refractivity contribution in [2.75, 3.05) is 13.1 Å². The molecule has 0 aliphatic rings. The molecule has 3 atom stereocenters. The summed E-state index contributed by atoms with van der Waals surface area (Å²) in [7, 11) is 0. The van der Waals surface area contributed by atoms with Crippen LogP contribution in [0.4, 0.5) is 9.59 Å². The Labute approximate surface area is 245 Å². The van der Waals surface area contributed by atoms with Gasteiger partial charge in [0.2, 0.25) is 17.7 Å². The van der Waals surface area contributed by atoms with E-state index >= 15 is 0 Å². The minimum Gasteiger partial charge on any atom is -0.444 e. The Morgan fingerprint density at radius 3 is 1.54 bits per heavy atom. The van der Waals surface area contributed by atoms with Gasteiger partial charge >= 0.3 is 12.2 Å². The van der Waals surface area contributed by atoms with Crippen LogP contribution < -0.4 is 32.7 Å². The number of unbranched alkanes of at least 4 members (excludes halogenated alkanes) is 2. The molecule has 0 aromatic rings. The molecule has 8 N–H and O–H groups in total. The number of carbonyl (C=O) groups excluding carboxylic acids is 5. The summed E-state index contributed by atoms with van der Waals surface area (Å²) >= 11 is 0. The minimum atomic E-state index is -0.929. The molecule has 0 saturated heterocycles. The van der Waals surface area contributed by atoms with Crippen molar-refractivity contribution in [3.8, 4) is 0 Å². The third kappa shape index (κ3) is 20.4. The van der Waals surface area contributed by atoms with E-state index in [1.165, 1.54) is 0 Å². The molecule has 0 unspecified atom stereocenters. The van der Waals surface area contributed by atoms with E-state index in [4.69, 9.17) is 20.9 Å². The summed E-state index contributed by atoms with van der Waals surface area (Å²) < 4.78 is 10.3. The lowest BCUT2D eigenvalue weighted by Crippen LogP contribution is -2.55. The van der Waals surface area contributed by atoms with Crippen molar-refractivity contribution in [3.05, 3.63) is 0 Å². The van der Waals surface area contributed by atoms with Crippen molar-refractivity contribution in [3.63, 3.8) is 0 Å². The Balaban J connectivity index is 4.72. The molecule has 0 spiro atoms. The van der Waals surface area contributed by atoms with Crippen LogP contribution in [0, 0.1) is 5.92 Å². The maximum absolute atomic E-state index is 13.0. The normalized spacial score (nSPS) is 13.9. The van der Waals surface area contributed by atoms with Crippen LogP contribution >= 0.6 is 0 Å². The number of alkyl carbamates (subject to hydrolysis) is 2. The molecular weight excluding hydrogens is 532 g/mol. The zero-order chi connectivity index (χ0) is 31.8. The van der Waals surface area contributed by atoms with Crippen LogP contribution in [0.15, 0.2) is 0 Å². The molecule has 13 heteroatoms. The van der Waals surface area contributed by atoms with Gasteiger partial charge in [0.15, 0.2) is 0 Å². The number of ether oxygens (including phenoxy) is 2. The zero-order valence-electron chi connectivity index (χ0n) is 26.2. The SMILES string of the molecule is CC(C)C[C@H](NC(=O)[C@@H](N)CCCCNC(=O)OC(C)(C)C)C(=O)N[C@@H](CCCCNC(=O)OC(C)(C)C)C(N)=O. The number of hydrogen-bond acceptors (Lipinski definition) is 8. The topological polar surface area (TPSA) is 204 Å². The van der Waals surface area contributed by atoms with Gasteiger partial charge in [0, 0.05) is 13.1 Å². The predicted octanol–water partition coefficient (Wildman–Crippen LogP) is 2.20. The van der Waals surface area contributed by atoms with Crippen molar-refractivity contribution in [2.24, 2.45) is 17.4 Å². The fourth-order valence-corrected chi connectivity index (χ4v) is 3.64. The van der Waals surface area contributed by atoms with E-state index in [-0.39, 0.29) is 12.3 Å². The molecule has 0 aliphatic carbocycles. The smallest absolute Gasteiger partial charge is 0.407 e. The fourth-order valence-electron chi connectivity index (χ4n) is 3.64. The second kappa shape index (κ2) is 18.4. The summed E-state index contributed by atoms with van der Waals surface area (Å²) in [6.07, 6.45) is 2.19. The Bertz CT molecular complexity index is 852. The summed E-state index contributed by atoms with van der Waals surface area (Å²) in [4.78, 5) is 61.2. The van der Waals surface area contributed by atoms with Gasteiger partial charge in [-0.05, 0) is 92.4 Å². The first-order chi connectivity index (χ1) is 18.8. The monoisotopic (exact) mass is 586 g/mol. The second-order valence-electron chi connectivity index (χ2n) is 12.6. The lowest BCUT2D eigenvalue weighted by molar-refractivity contribution is -0.132. The van der Waals surface area contributed by atoms with Gasteiger partial charge in [-0.1, -0.05) is 13.8 Å². The van der Waals surface area contributed by atoms with Gasteiger partial charge < -0.3 is 42.2 Å². The van der Waals surface area contributed by atoms with Gasteiger partial charge in [-0.15, -0.1) is 0 Å². The van der Waals surface area contributed by atoms with E-state index in [0.29, 0.717) is 51.6 Å². The predicted molar refractivity (Wildman–Crippen MR) is 157 cm³/mol. The Morgan fingerprint density at radius 2 is 1.12 bits per heavy atom. The molecule has 41 heavy (non-hydrogen) atoms. The first kappa shape index (κ1) is 37.9. The molecule has 0 heterocycles. The summed E-state index contributed by atoms with van der Waals surface area (Å²) in [5.74, 6) is -1.61. The van der Waals surface area contributed by atoms with Crippen LogP contribution in [0.3, 0.4) is 0 Å². The lowest BCUT2D eigenvalue weighted by atomic mass is 10.0. The molecule has 0 saturated carbocycles. The van der Waals surface area contributed by atoms with Gasteiger partial charge in [-0.25, -0.2) is 9.59 Å². The van der Waals surface area contributed by atoms with Gasteiger partial charge in [0.25, 0.3) is 0 Å². The number of nitrogens with one attached hydrogen (secondary N) is 4. The number of amides is 5. The van der Waals surface area contributed by atoms with Crippen LogP contribution in [0.5, 0.6) is 0 Å². The quantitative estimate of drug-likeness (QED) is 0.139. The average molecular weight is 587 g/mol. The molecular formula is C28H54N6O7. The Hall–Kier alpha value is -3.09. The van der Waals surface area contributed by atoms with Gasteiger partial charge in [-0.3, -0.25) is 14.4 Å². The summed E-state index contributed by atoms with van der Waals surface area (Å²) in [6.45, 7) is 15.2. The fraction of sp³-hybridized carbons (Fsp3) is 0.821. The minimum absolute atomic E-state index is 0.0761. The van der Waals surface area contributed by atoms with Crippen LogP contribution in [0.25, 0.3) is 0 Å². The Kier molecular flexibility index (Phi) is 17.0. The summed E-state index contributed by atoms with van der Waals surface area (Å²) in [6, 6.07) is -2.66. The first-order valence-corrected chi connectivity index (χ1v) is 14.4. The van der Waals surface area contributed by atoms with Crippen LogP contribution in [-0.2, 0) is 23.9 Å². The highest BCUT2D eigenvalue weighted by atomic mass is 16.6. The average Bonchev–Trinajstić information content (AvgIpc) is 2.79. The molecule has 0 bridgehead atoms. The third-order valence-electron chi connectivity index (χ3n) is 5.53. The molecule has 0 radical (unpaired) electrons. The van der Waals surface area contributed by atoms with E-state index in [9.17, 15) is 24.0 Å². The van der Waals surface area contributed by atoms with E-state index < -0.39 is 59.2 Å². The highest BCUT2D eigenvalue weighted by Gasteiger charge is 2.28. The van der Waals surface area contributed by atoms with Crippen LogP contribution in [-0.4, -0.2) is 72.3 Å². The molecule has 5 amide bonds. The number of primary amides is 1. The maximum atomic E-state index is 13.0. The number of nitrogens with two attached hydrogens (primary N) is 2. The molecule has 0 rings (SSSR count). The van der Waals surface area contributed by atoms with Crippen molar-refractivity contribution < 1.29 is 33.4 Å². The molecule has 238 valence electrons. The van der Waals surface area contributed by atoms with Gasteiger partial charge in [0.1, 0.15) is 23.3 Å². The van der Waals surface area contributed by atoms with Crippen LogP contribution in [0.1, 0.15) is 100 Å². The largest absolute Gasteiger partial charge is 0.444 e. The second-order valence-corrected chi connectivity index (χ2v) is 12.6. The number of hydrogen-bond donors (Lipinski definition) is 6. The molecule has 0 aromatic carbocycles. The molecule has 0 fully saturated rings. The maximum Gasteiger partial charge on any atom is 0.407 e. The number of carbonyl (C=O) groups is 5. The summed E-state index contributed by atoms with van der Waals surface area (Å²) in [5, 5.41) is 10.7. The first-order valence-electron chi connectivity index (χ1n) is 14.4. The molecule has 0 aromatic heterocycles. The number of rotatable bonds is 17. The van der Waals surface area contributed by atoms with E-state index in [0.717, 1.165) is 0 Å². The highest BCUT2D eigenvalue weighted by molar-refractivity contribution is 5.92. The van der Waals surface area contributed by atoms with Gasteiger partial charge in [0.05, 0.1) is 6.04 Å². The van der Waals surface area contributed by atoms with Crippen molar-refractivity contribution in [2.45, 2.75) is 130 Å². The van der Waals surface area contributed by atoms with Crippen LogP contribution in [0.2, 0.25) is 0 Å². The van der Waals surface area contributed by atoms with E-state index in [2.05, 4.69) is 21.3 Å². The van der Waals surface area contributed by atoms with Crippen molar-refractivity contribution in [1.29, 1.82) is 0 Å².